The monoisotopic (exact) mass is 282 g/mol. The normalized spacial score (nSPS) is 11.3. The quantitative estimate of drug-likeness (QED) is 0.676. The molecule has 3 aromatic rings. The molecule has 0 radical (unpaired) electrons. The van der Waals surface area contributed by atoms with E-state index in [4.69, 9.17) is 0 Å². The van der Waals surface area contributed by atoms with Gasteiger partial charge in [0.1, 0.15) is 0 Å². The average molecular weight is 282 g/mol. The highest BCUT2D eigenvalue weighted by Gasteiger charge is 2.01. The summed E-state index contributed by atoms with van der Waals surface area (Å²) in [6.07, 6.45) is 7.13. The minimum atomic E-state index is 0.889. The second kappa shape index (κ2) is 6.59. The molecule has 0 amide bonds. The Morgan fingerprint density at radius 1 is 1.14 bits per heavy atom. The number of aromatic nitrogens is 3. The molecule has 2 aromatic heterocycles. The fourth-order valence-corrected chi connectivity index (χ4v) is 2.71. The number of imidazole rings is 1. The van der Waals surface area contributed by atoms with Gasteiger partial charge in [0, 0.05) is 37.5 Å². The molecular formula is C17H22N4. The minimum absolute atomic E-state index is 0.889. The molecule has 0 saturated heterocycles. The van der Waals surface area contributed by atoms with E-state index < -0.39 is 0 Å². The van der Waals surface area contributed by atoms with Gasteiger partial charge in [0.05, 0.1) is 12.0 Å². The Balaban J connectivity index is 1.46. The molecule has 4 nitrogen and oxygen atoms in total. The standard InChI is InChI=1S/C17H22N4/c1-2-20-14-19-13-16(20)12-18-9-5-10-21-11-8-15-6-3-4-7-17(15)21/h3-4,6-8,11,13-14,18H,2,5,9-10,12H2,1H3. The number of hydrogen-bond donors (Lipinski definition) is 1. The lowest BCUT2D eigenvalue weighted by Gasteiger charge is -2.08. The maximum atomic E-state index is 4.19. The molecule has 0 aliphatic heterocycles. The van der Waals surface area contributed by atoms with Crippen molar-refractivity contribution < 1.29 is 0 Å². The molecule has 0 unspecified atom stereocenters. The van der Waals surface area contributed by atoms with Gasteiger partial charge in [0.25, 0.3) is 0 Å². The van der Waals surface area contributed by atoms with Crippen LogP contribution in [0.15, 0.2) is 49.1 Å². The molecule has 0 spiro atoms. The highest BCUT2D eigenvalue weighted by atomic mass is 15.1. The van der Waals surface area contributed by atoms with Crippen LogP contribution in [0.2, 0.25) is 0 Å². The predicted octanol–water partition coefficient (Wildman–Crippen LogP) is 3.04. The van der Waals surface area contributed by atoms with E-state index in [2.05, 4.69) is 62.9 Å². The zero-order chi connectivity index (χ0) is 14.5. The van der Waals surface area contributed by atoms with Crippen LogP contribution in [0.25, 0.3) is 10.9 Å². The molecular weight excluding hydrogens is 260 g/mol. The van der Waals surface area contributed by atoms with Crippen molar-refractivity contribution in [3.63, 3.8) is 0 Å². The topological polar surface area (TPSA) is 34.8 Å². The van der Waals surface area contributed by atoms with Gasteiger partial charge in [-0.2, -0.15) is 0 Å². The third-order valence-corrected chi connectivity index (χ3v) is 3.88. The zero-order valence-corrected chi connectivity index (χ0v) is 12.5. The van der Waals surface area contributed by atoms with E-state index in [1.54, 1.807) is 0 Å². The smallest absolute Gasteiger partial charge is 0.0948 e. The first-order valence-corrected chi connectivity index (χ1v) is 7.62. The summed E-state index contributed by atoms with van der Waals surface area (Å²) in [5, 5.41) is 4.82. The number of rotatable bonds is 7. The lowest BCUT2D eigenvalue weighted by molar-refractivity contribution is 0.572. The molecule has 1 N–H and O–H groups in total. The van der Waals surface area contributed by atoms with Crippen LogP contribution in [-0.4, -0.2) is 20.7 Å². The number of hydrogen-bond acceptors (Lipinski definition) is 2. The highest BCUT2D eigenvalue weighted by Crippen LogP contribution is 2.15. The maximum absolute atomic E-state index is 4.19. The van der Waals surface area contributed by atoms with Gasteiger partial charge in [-0.15, -0.1) is 0 Å². The van der Waals surface area contributed by atoms with Crippen LogP contribution in [0, 0.1) is 0 Å². The number of aryl methyl sites for hydroxylation is 2. The van der Waals surface area contributed by atoms with E-state index >= 15 is 0 Å². The molecule has 0 bridgehead atoms. The van der Waals surface area contributed by atoms with Crippen LogP contribution in [0.5, 0.6) is 0 Å². The molecule has 0 aliphatic carbocycles. The van der Waals surface area contributed by atoms with E-state index in [1.165, 1.54) is 16.6 Å². The number of para-hydroxylation sites is 1. The second-order valence-corrected chi connectivity index (χ2v) is 5.27. The van der Waals surface area contributed by atoms with Crippen molar-refractivity contribution in [2.75, 3.05) is 6.54 Å². The van der Waals surface area contributed by atoms with E-state index in [-0.39, 0.29) is 0 Å². The molecule has 0 saturated carbocycles. The zero-order valence-electron chi connectivity index (χ0n) is 12.5. The van der Waals surface area contributed by atoms with Crippen molar-refractivity contribution in [1.29, 1.82) is 0 Å². The lowest BCUT2D eigenvalue weighted by atomic mass is 10.2. The molecule has 0 atom stereocenters. The van der Waals surface area contributed by atoms with Crippen molar-refractivity contribution in [2.45, 2.75) is 33.0 Å². The number of nitrogens with one attached hydrogen (secondary N) is 1. The third-order valence-electron chi connectivity index (χ3n) is 3.88. The van der Waals surface area contributed by atoms with Gasteiger partial charge >= 0.3 is 0 Å². The van der Waals surface area contributed by atoms with Gasteiger partial charge in [0.2, 0.25) is 0 Å². The summed E-state index contributed by atoms with van der Waals surface area (Å²) >= 11 is 0. The molecule has 21 heavy (non-hydrogen) atoms. The first-order chi connectivity index (χ1) is 10.4. The van der Waals surface area contributed by atoms with Crippen molar-refractivity contribution in [3.05, 3.63) is 54.7 Å². The fraction of sp³-hybridized carbons (Fsp3) is 0.353. The Morgan fingerprint density at radius 3 is 2.95 bits per heavy atom. The van der Waals surface area contributed by atoms with Crippen LogP contribution in [0.4, 0.5) is 0 Å². The van der Waals surface area contributed by atoms with Crippen LogP contribution in [0.1, 0.15) is 19.0 Å². The Kier molecular flexibility index (Phi) is 4.36. The summed E-state index contributed by atoms with van der Waals surface area (Å²) in [6, 6.07) is 10.7. The summed E-state index contributed by atoms with van der Waals surface area (Å²) in [4.78, 5) is 4.19. The van der Waals surface area contributed by atoms with Gasteiger partial charge in [-0.25, -0.2) is 4.98 Å². The highest BCUT2D eigenvalue weighted by molar-refractivity contribution is 5.79. The first-order valence-electron chi connectivity index (χ1n) is 7.62. The Labute approximate surface area is 125 Å². The van der Waals surface area contributed by atoms with Gasteiger partial charge < -0.3 is 14.5 Å². The number of fused-ring (bicyclic) bond motifs is 1. The molecule has 1 aromatic carbocycles. The Morgan fingerprint density at radius 2 is 2.05 bits per heavy atom. The molecule has 0 fully saturated rings. The predicted molar refractivity (Wildman–Crippen MR) is 86.2 cm³/mol. The Bertz CT molecular complexity index is 695. The largest absolute Gasteiger partial charge is 0.347 e. The van der Waals surface area contributed by atoms with E-state index in [1.807, 2.05) is 12.5 Å². The third kappa shape index (κ3) is 3.16. The van der Waals surface area contributed by atoms with Crippen molar-refractivity contribution in [3.8, 4) is 0 Å². The van der Waals surface area contributed by atoms with Crippen molar-refractivity contribution >= 4 is 10.9 Å². The summed E-state index contributed by atoms with van der Waals surface area (Å²) < 4.78 is 4.50. The van der Waals surface area contributed by atoms with Crippen LogP contribution in [0.3, 0.4) is 0 Å². The van der Waals surface area contributed by atoms with Crippen LogP contribution >= 0.6 is 0 Å². The minimum Gasteiger partial charge on any atom is -0.347 e. The average Bonchev–Trinajstić information content (AvgIpc) is 3.13. The van der Waals surface area contributed by atoms with Gasteiger partial charge in [-0.3, -0.25) is 0 Å². The van der Waals surface area contributed by atoms with Crippen LogP contribution in [-0.2, 0) is 19.6 Å². The molecule has 2 heterocycles. The van der Waals surface area contributed by atoms with Gasteiger partial charge in [-0.1, -0.05) is 18.2 Å². The molecule has 3 rings (SSSR count). The molecule has 0 aliphatic rings. The van der Waals surface area contributed by atoms with Crippen molar-refractivity contribution in [2.24, 2.45) is 0 Å². The molecule has 110 valence electrons. The molecule has 4 heteroatoms. The summed E-state index contributed by atoms with van der Waals surface area (Å²) in [5.41, 5.74) is 2.57. The summed E-state index contributed by atoms with van der Waals surface area (Å²) in [6.45, 7) is 6.07. The fourth-order valence-electron chi connectivity index (χ4n) is 2.71. The lowest BCUT2D eigenvalue weighted by Crippen LogP contribution is -2.18. The maximum Gasteiger partial charge on any atom is 0.0948 e. The first kappa shape index (κ1) is 13.9. The van der Waals surface area contributed by atoms with Crippen molar-refractivity contribution in [1.82, 2.24) is 19.4 Å². The van der Waals surface area contributed by atoms with Gasteiger partial charge in [-0.05, 0) is 37.4 Å². The summed E-state index contributed by atoms with van der Waals surface area (Å²) in [5.74, 6) is 0. The number of benzene rings is 1. The Hall–Kier alpha value is -2.07. The number of nitrogens with zero attached hydrogens (tertiary/aromatic N) is 3. The SMILES string of the molecule is CCn1cncc1CNCCCn1ccc2ccccc21. The second-order valence-electron chi connectivity index (χ2n) is 5.27. The summed E-state index contributed by atoms with van der Waals surface area (Å²) in [7, 11) is 0. The van der Waals surface area contributed by atoms with E-state index in [9.17, 15) is 0 Å². The van der Waals surface area contributed by atoms with E-state index in [0.29, 0.717) is 0 Å². The van der Waals surface area contributed by atoms with Crippen LogP contribution < -0.4 is 5.32 Å². The van der Waals surface area contributed by atoms with E-state index in [0.717, 1.165) is 32.6 Å². The van der Waals surface area contributed by atoms with Gasteiger partial charge in [0.15, 0.2) is 0 Å².